The average Bonchev–Trinajstić information content (AvgIpc) is 2.20. The first-order valence-corrected chi connectivity index (χ1v) is 6.82. The summed E-state index contributed by atoms with van der Waals surface area (Å²) in [6.07, 6.45) is 1.75. The van der Waals surface area contributed by atoms with Crippen LogP contribution in [0.1, 0.15) is 26.2 Å². The first kappa shape index (κ1) is 13.5. The van der Waals surface area contributed by atoms with Crippen molar-refractivity contribution in [3.8, 4) is 0 Å². The van der Waals surface area contributed by atoms with E-state index in [-0.39, 0.29) is 24.3 Å². The lowest BCUT2D eigenvalue weighted by Gasteiger charge is -2.28. The van der Waals surface area contributed by atoms with E-state index in [1.54, 1.807) is 11.8 Å². The van der Waals surface area contributed by atoms with Crippen LogP contribution in [0.2, 0.25) is 0 Å². The monoisotopic (exact) mass is 245 g/mol. The van der Waals surface area contributed by atoms with Gasteiger partial charge in [-0.15, -0.1) is 0 Å². The molecule has 0 atom stereocenters. The number of rotatable bonds is 6. The molecule has 0 spiro atoms. The Balaban J connectivity index is 2.25. The number of carbonyl (C=O) groups excluding carboxylic acids is 2. The van der Waals surface area contributed by atoms with Crippen LogP contribution in [0.4, 0.5) is 0 Å². The van der Waals surface area contributed by atoms with Gasteiger partial charge in [0.15, 0.2) is 0 Å². The second kappa shape index (κ2) is 6.91. The number of nitrogens with zero attached hydrogens (tertiary/aromatic N) is 1. The Kier molecular flexibility index (Phi) is 5.84. The number of carbonyl (C=O) groups is 2. The van der Waals surface area contributed by atoms with Crippen molar-refractivity contribution in [1.82, 2.24) is 4.90 Å². The quantitative estimate of drug-likeness (QED) is 0.557. The highest BCUT2D eigenvalue weighted by Gasteiger charge is 2.29. The molecule has 1 aliphatic rings. The standard InChI is InChI=1S/C11H19NO3S/c1-9-7-10(14)12(11(15)8-9)3-6-16-5-2-4-13/h9,13H,2-8H2,1H3. The molecule has 0 saturated carbocycles. The number of aliphatic hydroxyl groups excluding tert-OH is 1. The minimum atomic E-state index is -0.0356. The molecular formula is C11H19NO3S. The first-order valence-electron chi connectivity index (χ1n) is 5.67. The maximum Gasteiger partial charge on any atom is 0.229 e. The van der Waals surface area contributed by atoms with E-state index < -0.39 is 0 Å². The molecule has 1 aliphatic heterocycles. The zero-order valence-corrected chi connectivity index (χ0v) is 10.5. The summed E-state index contributed by atoms with van der Waals surface area (Å²) in [5.41, 5.74) is 0. The van der Waals surface area contributed by atoms with Gasteiger partial charge in [0.05, 0.1) is 0 Å². The number of aliphatic hydroxyl groups is 1. The summed E-state index contributed by atoms with van der Waals surface area (Å²) in [7, 11) is 0. The smallest absolute Gasteiger partial charge is 0.229 e. The van der Waals surface area contributed by atoms with Gasteiger partial charge in [0.2, 0.25) is 11.8 Å². The van der Waals surface area contributed by atoms with E-state index in [1.165, 1.54) is 4.90 Å². The fourth-order valence-electron chi connectivity index (χ4n) is 1.70. The summed E-state index contributed by atoms with van der Waals surface area (Å²) < 4.78 is 0. The third kappa shape index (κ3) is 4.14. The van der Waals surface area contributed by atoms with Crippen LogP contribution in [0.3, 0.4) is 0 Å². The molecule has 0 aromatic carbocycles. The molecule has 1 saturated heterocycles. The van der Waals surface area contributed by atoms with E-state index >= 15 is 0 Å². The van der Waals surface area contributed by atoms with Crippen LogP contribution in [0, 0.1) is 5.92 Å². The van der Waals surface area contributed by atoms with Crippen LogP contribution in [-0.4, -0.2) is 46.5 Å². The summed E-state index contributed by atoms with van der Waals surface area (Å²) in [5, 5.41) is 8.60. The van der Waals surface area contributed by atoms with E-state index in [4.69, 9.17) is 5.11 Å². The zero-order valence-electron chi connectivity index (χ0n) is 9.65. The van der Waals surface area contributed by atoms with E-state index in [0.717, 1.165) is 17.9 Å². The van der Waals surface area contributed by atoms with Crippen LogP contribution in [0.5, 0.6) is 0 Å². The summed E-state index contributed by atoms with van der Waals surface area (Å²) in [5.74, 6) is 1.77. The van der Waals surface area contributed by atoms with E-state index in [9.17, 15) is 9.59 Å². The Bertz CT molecular complexity index is 240. The predicted molar refractivity (Wildman–Crippen MR) is 64.1 cm³/mol. The van der Waals surface area contributed by atoms with Crippen molar-refractivity contribution in [2.75, 3.05) is 24.7 Å². The second-order valence-electron chi connectivity index (χ2n) is 4.14. The summed E-state index contributed by atoms with van der Waals surface area (Å²) in [6.45, 7) is 2.65. The molecule has 2 amide bonds. The topological polar surface area (TPSA) is 57.6 Å². The minimum Gasteiger partial charge on any atom is -0.396 e. The molecule has 4 nitrogen and oxygen atoms in total. The van der Waals surface area contributed by atoms with Crippen LogP contribution in [0.25, 0.3) is 0 Å². The Labute approximate surface area is 100 Å². The minimum absolute atomic E-state index is 0.0356. The lowest BCUT2D eigenvalue weighted by Crippen LogP contribution is -2.43. The van der Waals surface area contributed by atoms with Crippen LogP contribution in [0.15, 0.2) is 0 Å². The highest BCUT2D eigenvalue weighted by molar-refractivity contribution is 7.99. The molecule has 1 fully saturated rings. The van der Waals surface area contributed by atoms with Crippen molar-refractivity contribution < 1.29 is 14.7 Å². The average molecular weight is 245 g/mol. The fourth-order valence-corrected chi connectivity index (χ4v) is 2.55. The molecule has 1 N–H and O–H groups in total. The Morgan fingerprint density at radius 2 is 1.94 bits per heavy atom. The van der Waals surface area contributed by atoms with Gasteiger partial charge in [-0.05, 0) is 18.1 Å². The number of imide groups is 1. The van der Waals surface area contributed by atoms with Crippen molar-refractivity contribution in [3.63, 3.8) is 0 Å². The number of amides is 2. The molecule has 1 heterocycles. The van der Waals surface area contributed by atoms with Gasteiger partial charge in [0, 0.05) is 31.7 Å². The Morgan fingerprint density at radius 1 is 1.31 bits per heavy atom. The summed E-state index contributed by atoms with van der Waals surface area (Å²) in [6, 6.07) is 0. The summed E-state index contributed by atoms with van der Waals surface area (Å²) >= 11 is 1.67. The molecular weight excluding hydrogens is 226 g/mol. The normalized spacial score (nSPS) is 18.2. The Hall–Kier alpha value is -0.550. The van der Waals surface area contributed by atoms with Gasteiger partial charge in [0.1, 0.15) is 0 Å². The van der Waals surface area contributed by atoms with Gasteiger partial charge in [-0.3, -0.25) is 14.5 Å². The lowest BCUT2D eigenvalue weighted by atomic mass is 9.98. The largest absolute Gasteiger partial charge is 0.396 e. The highest BCUT2D eigenvalue weighted by Crippen LogP contribution is 2.19. The molecule has 0 aliphatic carbocycles. The SMILES string of the molecule is CC1CC(=O)N(CCSCCCO)C(=O)C1. The molecule has 16 heavy (non-hydrogen) atoms. The van der Waals surface area contributed by atoms with E-state index in [1.807, 2.05) is 6.92 Å². The van der Waals surface area contributed by atoms with Gasteiger partial charge in [-0.2, -0.15) is 11.8 Å². The van der Waals surface area contributed by atoms with Gasteiger partial charge >= 0.3 is 0 Å². The van der Waals surface area contributed by atoms with Crippen molar-refractivity contribution >= 4 is 23.6 Å². The highest BCUT2D eigenvalue weighted by atomic mass is 32.2. The third-order valence-electron chi connectivity index (χ3n) is 2.55. The van der Waals surface area contributed by atoms with E-state index in [2.05, 4.69) is 0 Å². The van der Waals surface area contributed by atoms with Gasteiger partial charge in [-0.25, -0.2) is 0 Å². The van der Waals surface area contributed by atoms with Crippen molar-refractivity contribution in [2.45, 2.75) is 26.2 Å². The van der Waals surface area contributed by atoms with Crippen LogP contribution >= 0.6 is 11.8 Å². The number of hydrogen-bond acceptors (Lipinski definition) is 4. The molecule has 92 valence electrons. The van der Waals surface area contributed by atoms with Gasteiger partial charge in [-0.1, -0.05) is 6.92 Å². The maximum atomic E-state index is 11.6. The summed E-state index contributed by atoms with van der Waals surface area (Å²) in [4.78, 5) is 24.6. The Morgan fingerprint density at radius 3 is 2.50 bits per heavy atom. The van der Waals surface area contributed by atoms with Crippen molar-refractivity contribution in [2.24, 2.45) is 5.92 Å². The predicted octanol–water partition coefficient (Wildman–Crippen LogP) is 0.887. The van der Waals surface area contributed by atoms with E-state index in [0.29, 0.717) is 19.4 Å². The molecule has 0 radical (unpaired) electrons. The molecule has 0 aromatic heterocycles. The number of thioether (sulfide) groups is 1. The second-order valence-corrected chi connectivity index (χ2v) is 5.37. The number of likely N-dealkylation sites (tertiary alicyclic amines) is 1. The molecule has 0 unspecified atom stereocenters. The van der Waals surface area contributed by atoms with Crippen LogP contribution in [-0.2, 0) is 9.59 Å². The number of hydrogen-bond donors (Lipinski definition) is 1. The molecule has 1 rings (SSSR count). The first-order chi connectivity index (χ1) is 7.65. The van der Waals surface area contributed by atoms with Gasteiger partial charge < -0.3 is 5.11 Å². The fraction of sp³-hybridized carbons (Fsp3) is 0.818. The lowest BCUT2D eigenvalue weighted by molar-refractivity contribution is -0.149. The molecule has 5 heteroatoms. The third-order valence-corrected chi connectivity index (χ3v) is 3.60. The van der Waals surface area contributed by atoms with Crippen LogP contribution < -0.4 is 0 Å². The maximum absolute atomic E-state index is 11.6. The zero-order chi connectivity index (χ0) is 12.0. The van der Waals surface area contributed by atoms with Crippen molar-refractivity contribution in [1.29, 1.82) is 0 Å². The molecule has 0 aromatic rings. The molecule has 0 bridgehead atoms. The van der Waals surface area contributed by atoms with Gasteiger partial charge in [0.25, 0.3) is 0 Å². The number of piperidine rings is 1. The van der Waals surface area contributed by atoms with Crippen molar-refractivity contribution in [3.05, 3.63) is 0 Å².